The highest BCUT2D eigenvalue weighted by Crippen LogP contribution is 2.30. The highest BCUT2D eigenvalue weighted by molar-refractivity contribution is 7.89. The Balaban J connectivity index is 1.24. The molecule has 0 bridgehead atoms. The zero-order chi connectivity index (χ0) is 22.0. The molecule has 0 saturated carbocycles. The summed E-state index contributed by atoms with van der Waals surface area (Å²) >= 11 is 0. The summed E-state index contributed by atoms with van der Waals surface area (Å²) < 4.78 is 34.4. The van der Waals surface area contributed by atoms with E-state index in [9.17, 15) is 8.42 Å². The van der Waals surface area contributed by atoms with Crippen LogP contribution in [0.3, 0.4) is 0 Å². The molecule has 0 unspecified atom stereocenters. The number of hydrogen-bond donors (Lipinski definition) is 0. The standard InChI is InChI=1S/C22H22N6O3S/c29-32(30,19-9-5-2-6-10-19)28-13-11-18(12-14-28)22-23-21(25-31-22)20-16-27(26-24-20)15-17-7-3-1-4-8-17/h1-10,16,18H,11-15H2. The summed E-state index contributed by atoms with van der Waals surface area (Å²) in [5, 5.41) is 12.4. The lowest BCUT2D eigenvalue weighted by Gasteiger charge is -2.29. The number of sulfonamides is 1. The van der Waals surface area contributed by atoms with Gasteiger partial charge in [-0.15, -0.1) is 5.10 Å². The van der Waals surface area contributed by atoms with Crippen LogP contribution in [0.1, 0.15) is 30.2 Å². The molecule has 10 heteroatoms. The zero-order valence-electron chi connectivity index (χ0n) is 17.3. The molecular weight excluding hydrogens is 428 g/mol. The first-order valence-corrected chi connectivity index (χ1v) is 11.9. The lowest BCUT2D eigenvalue weighted by molar-refractivity contribution is 0.271. The van der Waals surface area contributed by atoms with E-state index in [0.717, 1.165) is 5.56 Å². The van der Waals surface area contributed by atoms with Crippen LogP contribution in [0.2, 0.25) is 0 Å². The van der Waals surface area contributed by atoms with Gasteiger partial charge in [-0.1, -0.05) is 58.9 Å². The van der Waals surface area contributed by atoms with Crippen molar-refractivity contribution in [1.82, 2.24) is 29.4 Å². The van der Waals surface area contributed by atoms with E-state index in [4.69, 9.17) is 4.52 Å². The van der Waals surface area contributed by atoms with Crippen molar-refractivity contribution in [2.75, 3.05) is 13.1 Å². The third-order valence-electron chi connectivity index (χ3n) is 5.58. The number of nitrogens with zero attached hydrogens (tertiary/aromatic N) is 6. The molecule has 0 N–H and O–H groups in total. The second-order valence-corrected chi connectivity index (χ2v) is 9.67. The van der Waals surface area contributed by atoms with Crippen molar-refractivity contribution in [1.29, 1.82) is 0 Å². The van der Waals surface area contributed by atoms with Crippen LogP contribution in [-0.4, -0.2) is 50.9 Å². The predicted molar refractivity (Wildman–Crippen MR) is 116 cm³/mol. The predicted octanol–water partition coefficient (Wildman–Crippen LogP) is 2.94. The summed E-state index contributed by atoms with van der Waals surface area (Å²) in [4.78, 5) is 4.83. The van der Waals surface area contributed by atoms with E-state index in [2.05, 4.69) is 20.5 Å². The van der Waals surface area contributed by atoms with Crippen LogP contribution in [0.5, 0.6) is 0 Å². The summed E-state index contributed by atoms with van der Waals surface area (Å²) in [5.74, 6) is 0.908. The van der Waals surface area contributed by atoms with Gasteiger partial charge in [0.25, 0.3) is 0 Å². The van der Waals surface area contributed by atoms with Gasteiger partial charge in [-0.25, -0.2) is 13.1 Å². The van der Waals surface area contributed by atoms with Gasteiger partial charge >= 0.3 is 0 Å². The zero-order valence-corrected chi connectivity index (χ0v) is 18.1. The molecule has 0 radical (unpaired) electrons. The van der Waals surface area contributed by atoms with Crippen molar-refractivity contribution >= 4 is 10.0 Å². The fourth-order valence-corrected chi connectivity index (χ4v) is 5.33. The third-order valence-corrected chi connectivity index (χ3v) is 7.49. The molecule has 1 aliphatic heterocycles. The second-order valence-electron chi connectivity index (χ2n) is 7.73. The van der Waals surface area contributed by atoms with Gasteiger partial charge < -0.3 is 4.52 Å². The molecule has 9 nitrogen and oxygen atoms in total. The number of piperidine rings is 1. The first-order valence-electron chi connectivity index (χ1n) is 10.4. The van der Waals surface area contributed by atoms with E-state index in [1.807, 2.05) is 30.3 Å². The molecular formula is C22H22N6O3S. The SMILES string of the molecule is O=S(=O)(c1ccccc1)N1CCC(c2nc(-c3cn(Cc4ccccc4)nn3)no2)CC1. The van der Waals surface area contributed by atoms with Crippen LogP contribution in [0.25, 0.3) is 11.5 Å². The minimum Gasteiger partial charge on any atom is -0.339 e. The first kappa shape index (κ1) is 20.5. The summed E-state index contributed by atoms with van der Waals surface area (Å²) in [6.07, 6.45) is 3.03. The molecule has 1 aliphatic rings. The van der Waals surface area contributed by atoms with Crippen molar-refractivity contribution in [3.05, 3.63) is 78.3 Å². The van der Waals surface area contributed by atoms with Crippen molar-refractivity contribution < 1.29 is 12.9 Å². The topological polar surface area (TPSA) is 107 Å². The lowest BCUT2D eigenvalue weighted by Crippen LogP contribution is -2.37. The molecule has 5 rings (SSSR count). The Kier molecular flexibility index (Phi) is 5.54. The smallest absolute Gasteiger partial charge is 0.243 e. The fraction of sp³-hybridized carbons (Fsp3) is 0.273. The lowest BCUT2D eigenvalue weighted by atomic mass is 9.98. The Morgan fingerprint density at radius 2 is 1.66 bits per heavy atom. The molecule has 164 valence electrons. The minimum atomic E-state index is -3.48. The molecule has 32 heavy (non-hydrogen) atoms. The van der Waals surface area contributed by atoms with Gasteiger partial charge in [0.2, 0.25) is 21.7 Å². The summed E-state index contributed by atoms with van der Waals surface area (Å²) in [6, 6.07) is 18.5. The van der Waals surface area contributed by atoms with Crippen LogP contribution in [0.4, 0.5) is 0 Å². The van der Waals surface area contributed by atoms with Gasteiger partial charge in [0.05, 0.1) is 17.6 Å². The van der Waals surface area contributed by atoms with Gasteiger partial charge in [-0.3, -0.25) is 0 Å². The second kappa shape index (κ2) is 8.64. The first-order chi connectivity index (χ1) is 15.6. The van der Waals surface area contributed by atoms with Gasteiger partial charge in [0, 0.05) is 19.0 Å². The van der Waals surface area contributed by atoms with E-state index >= 15 is 0 Å². The van der Waals surface area contributed by atoms with E-state index in [1.54, 1.807) is 41.2 Å². The number of rotatable bonds is 6. The summed E-state index contributed by atoms with van der Waals surface area (Å²) in [7, 11) is -3.48. The van der Waals surface area contributed by atoms with E-state index in [0.29, 0.717) is 54.8 Å². The van der Waals surface area contributed by atoms with Crippen molar-refractivity contribution in [2.24, 2.45) is 0 Å². The van der Waals surface area contributed by atoms with E-state index in [-0.39, 0.29) is 5.92 Å². The highest BCUT2D eigenvalue weighted by Gasteiger charge is 2.32. The maximum absolute atomic E-state index is 12.8. The molecule has 2 aromatic carbocycles. The number of hydrogen-bond acceptors (Lipinski definition) is 7. The van der Waals surface area contributed by atoms with Crippen molar-refractivity contribution in [3.8, 4) is 11.5 Å². The van der Waals surface area contributed by atoms with Gasteiger partial charge in [-0.2, -0.15) is 9.29 Å². The van der Waals surface area contributed by atoms with E-state index in [1.165, 1.54) is 4.31 Å². The van der Waals surface area contributed by atoms with Crippen LogP contribution in [-0.2, 0) is 16.6 Å². The molecule has 0 aliphatic carbocycles. The summed E-state index contributed by atoms with van der Waals surface area (Å²) in [6.45, 7) is 1.42. The minimum absolute atomic E-state index is 0.0119. The molecule has 3 heterocycles. The average molecular weight is 451 g/mol. The fourth-order valence-electron chi connectivity index (χ4n) is 3.84. The monoisotopic (exact) mass is 450 g/mol. The maximum atomic E-state index is 12.8. The van der Waals surface area contributed by atoms with Gasteiger partial charge in [0.15, 0.2) is 5.69 Å². The Hall–Kier alpha value is -3.37. The van der Waals surface area contributed by atoms with Crippen molar-refractivity contribution in [2.45, 2.75) is 30.2 Å². The normalized spacial score (nSPS) is 15.8. The maximum Gasteiger partial charge on any atom is 0.243 e. The van der Waals surface area contributed by atoms with Crippen LogP contribution >= 0.6 is 0 Å². The van der Waals surface area contributed by atoms with Crippen molar-refractivity contribution in [3.63, 3.8) is 0 Å². The van der Waals surface area contributed by atoms with Gasteiger partial charge in [-0.05, 0) is 30.5 Å². The largest absolute Gasteiger partial charge is 0.339 e. The molecule has 1 fully saturated rings. The van der Waals surface area contributed by atoms with Gasteiger partial charge in [0.1, 0.15) is 0 Å². The Morgan fingerprint density at radius 1 is 0.969 bits per heavy atom. The van der Waals surface area contributed by atoms with Crippen LogP contribution in [0.15, 0.2) is 76.3 Å². The average Bonchev–Trinajstić information content (AvgIpc) is 3.50. The Labute approximate surface area is 185 Å². The Morgan fingerprint density at radius 3 is 2.38 bits per heavy atom. The molecule has 1 saturated heterocycles. The molecule has 0 amide bonds. The third kappa shape index (κ3) is 4.19. The number of benzene rings is 2. The molecule has 0 atom stereocenters. The highest BCUT2D eigenvalue weighted by atomic mass is 32.2. The van der Waals surface area contributed by atoms with Crippen LogP contribution < -0.4 is 0 Å². The molecule has 4 aromatic rings. The number of aromatic nitrogens is 5. The summed E-state index contributed by atoms with van der Waals surface area (Å²) in [5.41, 5.74) is 1.66. The Bertz CT molecular complexity index is 1280. The molecule has 0 spiro atoms. The quantitative estimate of drug-likeness (QED) is 0.444. The molecule has 2 aromatic heterocycles. The van der Waals surface area contributed by atoms with E-state index < -0.39 is 10.0 Å². The van der Waals surface area contributed by atoms with Crippen LogP contribution in [0, 0.1) is 0 Å².